The molecule has 256 valence electrons. The zero-order valence-electron chi connectivity index (χ0n) is 26.4. The monoisotopic (exact) mass is 709 g/mol. The fraction of sp³-hybridized carbons (Fsp3) is 0.281. The molecule has 2 amide bonds. The number of fused-ring (bicyclic) bond motifs is 1. The number of β-lactam (4-membered cyclic amide) rings is 1. The number of benzene rings is 2. The molecule has 2 aliphatic rings. The number of esters is 2. The molecular weight excluding hydrogens is 679 g/mol. The van der Waals surface area contributed by atoms with Crippen molar-refractivity contribution in [2.24, 2.45) is 5.16 Å². The van der Waals surface area contributed by atoms with Crippen molar-refractivity contribution >= 4 is 63.9 Å². The lowest BCUT2D eigenvalue weighted by Crippen LogP contribution is -2.70. The van der Waals surface area contributed by atoms with Gasteiger partial charge in [0.25, 0.3) is 11.8 Å². The molecule has 0 saturated carbocycles. The van der Waals surface area contributed by atoms with Crippen LogP contribution < -0.4 is 11.1 Å². The van der Waals surface area contributed by atoms with Crippen LogP contribution >= 0.6 is 23.1 Å². The summed E-state index contributed by atoms with van der Waals surface area (Å²) in [5.41, 5.74) is 5.47. The molecule has 0 bridgehead atoms. The predicted molar refractivity (Wildman–Crippen MR) is 177 cm³/mol. The van der Waals surface area contributed by atoms with Gasteiger partial charge in [0.1, 0.15) is 23.7 Å². The minimum atomic E-state index is -1.70. The van der Waals surface area contributed by atoms with Crippen LogP contribution in [0, 0.1) is 0 Å². The van der Waals surface area contributed by atoms with Crippen LogP contribution in [0.4, 0.5) is 9.93 Å². The number of thiazole rings is 1. The summed E-state index contributed by atoms with van der Waals surface area (Å²) >= 11 is 2.22. The molecule has 4 N–H and O–H groups in total. The summed E-state index contributed by atoms with van der Waals surface area (Å²) < 4.78 is 15.8. The van der Waals surface area contributed by atoms with Crippen LogP contribution in [0.2, 0.25) is 0 Å². The number of thioether (sulfide) groups is 1. The van der Waals surface area contributed by atoms with Gasteiger partial charge in [0.05, 0.1) is 0 Å². The van der Waals surface area contributed by atoms with Crippen molar-refractivity contribution in [2.45, 2.75) is 43.9 Å². The van der Waals surface area contributed by atoms with Gasteiger partial charge in [0.2, 0.25) is 11.5 Å². The number of oxime groups is 1. The average molecular weight is 710 g/mol. The normalized spacial score (nSPS) is 17.5. The quantitative estimate of drug-likeness (QED) is 0.0811. The van der Waals surface area contributed by atoms with Crippen LogP contribution in [-0.4, -0.2) is 80.0 Å². The van der Waals surface area contributed by atoms with Crippen molar-refractivity contribution in [3.05, 3.63) is 94.3 Å². The van der Waals surface area contributed by atoms with E-state index in [-0.39, 0.29) is 40.4 Å². The molecule has 17 heteroatoms. The van der Waals surface area contributed by atoms with Gasteiger partial charge in [0, 0.05) is 23.6 Å². The van der Waals surface area contributed by atoms with E-state index in [1.807, 2.05) is 60.7 Å². The Labute approximate surface area is 288 Å². The third-order valence-electron chi connectivity index (χ3n) is 7.18. The Balaban J connectivity index is 1.34. The highest BCUT2D eigenvalue weighted by atomic mass is 32.2. The molecule has 2 atom stereocenters. The Morgan fingerprint density at radius 3 is 2.29 bits per heavy atom. The summed E-state index contributed by atoms with van der Waals surface area (Å²) in [6.45, 7) is 3.75. The lowest BCUT2D eigenvalue weighted by Gasteiger charge is -2.49. The van der Waals surface area contributed by atoms with Crippen LogP contribution in [0.15, 0.2) is 82.7 Å². The summed E-state index contributed by atoms with van der Waals surface area (Å²) in [5.74, 6) is -3.09. The second kappa shape index (κ2) is 14.8. The highest BCUT2D eigenvalue weighted by Crippen LogP contribution is 2.41. The van der Waals surface area contributed by atoms with Gasteiger partial charge in [-0.1, -0.05) is 65.8 Å². The second-order valence-electron chi connectivity index (χ2n) is 11.1. The molecule has 2 aromatic carbocycles. The van der Waals surface area contributed by atoms with Crippen molar-refractivity contribution in [1.82, 2.24) is 15.2 Å². The zero-order chi connectivity index (χ0) is 35.3. The molecule has 49 heavy (non-hydrogen) atoms. The molecule has 1 fully saturated rings. The van der Waals surface area contributed by atoms with E-state index in [1.54, 1.807) is 0 Å². The number of nitrogens with one attached hydrogen (secondary N) is 1. The van der Waals surface area contributed by atoms with Gasteiger partial charge in [-0.2, -0.15) is 0 Å². The number of nitrogens with zero attached hydrogens (tertiary/aromatic N) is 3. The number of aromatic nitrogens is 1. The third kappa shape index (κ3) is 8.01. The Hall–Kier alpha value is -5.42. The summed E-state index contributed by atoms with van der Waals surface area (Å²) in [7, 11) is 0. The molecule has 1 aromatic heterocycles. The Kier molecular flexibility index (Phi) is 10.5. The van der Waals surface area contributed by atoms with Gasteiger partial charge >= 0.3 is 18.1 Å². The van der Waals surface area contributed by atoms with Crippen LogP contribution in [0.3, 0.4) is 0 Å². The minimum Gasteiger partial charge on any atom is -0.461 e. The number of carbonyl (C=O) groups excluding carboxylic acids is 4. The maximum absolute atomic E-state index is 13.6. The van der Waals surface area contributed by atoms with Gasteiger partial charge in [0.15, 0.2) is 16.9 Å². The molecule has 0 radical (unpaired) electrons. The number of carboxylic acid groups (broad SMARTS) is 1. The minimum absolute atomic E-state index is 0.0222. The first-order valence-corrected chi connectivity index (χ1v) is 16.6. The average Bonchev–Trinajstić information content (AvgIpc) is 3.50. The number of rotatable bonds is 12. The largest absolute Gasteiger partial charge is 0.512 e. The molecule has 2 aliphatic heterocycles. The second-order valence-corrected chi connectivity index (χ2v) is 13.1. The van der Waals surface area contributed by atoms with Crippen molar-refractivity contribution < 1.29 is 48.1 Å². The van der Waals surface area contributed by atoms with E-state index >= 15 is 0 Å². The third-order valence-corrected chi connectivity index (χ3v) is 9.19. The van der Waals surface area contributed by atoms with Crippen molar-refractivity contribution in [3.63, 3.8) is 0 Å². The van der Waals surface area contributed by atoms with Crippen molar-refractivity contribution in [2.75, 3.05) is 18.1 Å². The fourth-order valence-electron chi connectivity index (χ4n) is 4.74. The molecule has 0 unspecified atom stereocenters. The van der Waals surface area contributed by atoms with Gasteiger partial charge < -0.3 is 35.2 Å². The number of carbonyl (C=O) groups is 5. The zero-order valence-corrected chi connectivity index (χ0v) is 28.0. The van der Waals surface area contributed by atoms with E-state index in [2.05, 4.69) is 15.5 Å². The molecule has 3 heterocycles. The number of nitrogens with two attached hydrogens (primary N) is 1. The number of nitrogen functional groups attached to an aromatic ring is 1. The lowest BCUT2D eigenvalue weighted by atomic mass is 10.0. The molecule has 1 saturated heterocycles. The molecule has 3 aromatic rings. The topological polar surface area (TPSA) is 209 Å². The van der Waals surface area contributed by atoms with Crippen LogP contribution in [0.25, 0.3) is 0 Å². The molecule has 5 rings (SSSR count). The number of hydrogen-bond donors (Lipinski definition) is 3. The Morgan fingerprint density at radius 2 is 1.73 bits per heavy atom. The number of anilines is 1. The van der Waals surface area contributed by atoms with E-state index in [0.717, 1.165) is 27.4 Å². The molecule has 0 spiro atoms. The summed E-state index contributed by atoms with van der Waals surface area (Å²) in [6.07, 6.45) is -2.43. The number of hydrogen-bond acceptors (Lipinski definition) is 14. The molecular formula is C32H31N5O10S2. The first-order chi connectivity index (χ1) is 23.4. The highest BCUT2D eigenvalue weighted by Gasteiger charge is 2.54. The Morgan fingerprint density at radius 1 is 1.10 bits per heavy atom. The van der Waals surface area contributed by atoms with Gasteiger partial charge in [-0.05, 0) is 25.0 Å². The van der Waals surface area contributed by atoms with Gasteiger partial charge in [-0.25, -0.2) is 14.6 Å². The Bertz CT molecular complexity index is 1770. The molecule has 15 nitrogen and oxygen atoms in total. The summed E-state index contributed by atoms with van der Waals surface area (Å²) in [6, 6.07) is 17.2. The maximum Gasteiger partial charge on any atom is 0.512 e. The SMILES string of the molecule is CC(=O)OCC1=C(OC(=O)O)N2C(=O)[C@@H](NC(=O)/C(=N\OC(C)(C)C(=O)OC(c3ccccc3)c3ccccc3)c3csc(N)n3)[C@H]2SC1. The summed E-state index contributed by atoms with van der Waals surface area (Å²) in [4.78, 5) is 73.9. The van der Waals surface area contributed by atoms with E-state index in [0.29, 0.717) is 0 Å². The van der Waals surface area contributed by atoms with Crippen molar-refractivity contribution in [3.8, 4) is 0 Å². The van der Waals surface area contributed by atoms with Crippen LogP contribution in [0.5, 0.6) is 0 Å². The van der Waals surface area contributed by atoms with E-state index in [4.69, 9.17) is 24.8 Å². The smallest absolute Gasteiger partial charge is 0.461 e. The van der Waals surface area contributed by atoms with Gasteiger partial charge in [-0.15, -0.1) is 23.1 Å². The highest BCUT2D eigenvalue weighted by molar-refractivity contribution is 8.00. The van der Waals surface area contributed by atoms with Crippen LogP contribution in [0.1, 0.15) is 43.7 Å². The number of amides is 2. The standard InChI is InChI=1S/C32H31N5O10S2/c1-17(38)44-14-20-15-48-28-23(26(40)37(28)27(20)46-31(42)43)35-25(39)22(21-16-49-30(33)34-21)36-47-32(2,3)29(41)45-24(18-10-6-4-7-11-18)19-12-8-5-9-13-19/h4-13,16,23-24,28H,14-15H2,1-3H3,(H2,33,34)(H,35,39)(H,42,43)/b36-22-/t23-,28-/m1/s1. The first kappa shape index (κ1) is 34.9. The summed E-state index contributed by atoms with van der Waals surface area (Å²) in [5, 5.41) is 16.7. The van der Waals surface area contributed by atoms with E-state index < -0.39 is 53.0 Å². The number of ether oxygens (including phenoxy) is 3. The van der Waals surface area contributed by atoms with E-state index in [1.165, 1.54) is 37.9 Å². The first-order valence-electron chi connectivity index (χ1n) is 14.7. The fourth-order valence-corrected chi connectivity index (χ4v) is 6.59. The van der Waals surface area contributed by atoms with E-state index in [9.17, 15) is 29.1 Å². The molecule has 0 aliphatic carbocycles. The lowest BCUT2D eigenvalue weighted by molar-refractivity contribution is -0.172. The van der Waals surface area contributed by atoms with Gasteiger partial charge in [-0.3, -0.25) is 19.3 Å². The maximum atomic E-state index is 13.6. The predicted octanol–water partition coefficient (Wildman–Crippen LogP) is 3.43. The van der Waals surface area contributed by atoms with Crippen molar-refractivity contribution in [1.29, 1.82) is 0 Å². The van der Waals surface area contributed by atoms with Crippen LogP contribution in [-0.2, 0) is 38.2 Å².